The van der Waals surface area contributed by atoms with Gasteiger partial charge in [0.25, 0.3) is 0 Å². The molecule has 0 aliphatic carbocycles. The van der Waals surface area contributed by atoms with Crippen molar-refractivity contribution >= 4 is 11.3 Å². The second-order valence-corrected chi connectivity index (χ2v) is 5.86. The summed E-state index contributed by atoms with van der Waals surface area (Å²) in [5.41, 5.74) is 2.00. The van der Waals surface area contributed by atoms with E-state index in [2.05, 4.69) is 26.9 Å². The van der Waals surface area contributed by atoms with Crippen molar-refractivity contribution in [1.82, 2.24) is 20.0 Å². The van der Waals surface area contributed by atoms with Crippen molar-refractivity contribution < 1.29 is 4.52 Å². The molecule has 1 atom stereocenters. The first kappa shape index (κ1) is 13.9. The van der Waals surface area contributed by atoms with Crippen molar-refractivity contribution in [3.8, 4) is 10.7 Å². The van der Waals surface area contributed by atoms with Gasteiger partial charge in [-0.25, -0.2) is 9.97 Å². The molecule has 0 saturated carbocycles. The Morgan fingerprint density at radius 3 is 2.71 bits per heavy atom. The van der Waals surface area contributed by atoms with Crippen LogP contribution < -0.4 is 0 Å². The highest BCUT2D eigenvalue weighted by Gasteiger charge is 2.15. The maximum atomic E-state index is 4.89. The number of hydrogen-bond acceptors (Lipinski definition) is 6. The number of nitrogens with zero attached hydrogens (tertiary/aromatic N) is 4. The van der Waals surface area contributed by atoms with Gasteiger partial charge in [-0.15, -0.1) is 11.3 Å². The summed E-state index contributed by atoms with van der Waals surface area (Å²) in [6.07, 6.45) is 5.36. The van der Waals surface area contributed by atoms with E-state index < -0.39 is 0 Å². The third-order valence-corrected chi connectivity index (χ3v) is 4.29. The normalized spacial score (nSPS) is 12.7. The summed E-state index contributed by atoms with van der Waals surface area (Å²) in [6, 6.07) is 6.10. The van der Waals surface area contributed by atoms with Crippen LogP contribution in [0.3, 0.4) is 0 Å². The van der Waals surface area contributed by atoms with Crippen LogP contribution in [0.2, 0.25) is 0 Å². The number of aromatic nitrogens is 3. The van der Waals surface area contributed by atoms with Gasteiger partial charge < -0.3 is 4.52 Å². The molecule has 108 valence electrons. The lowest BCUT2D eigenvalue weighted by Gasteiger charge is -2.22. The number of rotatable bonds is 5. The largest absolute Gasteiger partial charge is 0.364 e. The van der Waals surface area contributed by atoms with E-state index in [-0.39, 0.29) is 6.04 Å². The molecule has 0 saturated heterocycles. The summed E-state index contributed by atoms with van der Waals surface area (Å²) in [6.45, 7) is 2.86. The molecular formula is C15H16N4OS. The summed E-state index contributed by atoms with van der Waals surface area (Å²) in [4.78, 5) is 12.1. The zero-order chi connectivity index (χ0) is 14.7. The molecule has 0 amide bonds. The zero-order valence-electron chi connectivity index (χ0n) is 11.9. The Morgan fingerprint density at radius 2 is 2.10 bits per heavy atom. The van der Waals surface area contributed by atoms with Crippen molar-refractivity contribution in [2.45, 2.75) is 19.5 Å². The van der Waals surface area contributed by atoms with E-state index in [0.717, 1.165) is 28.5 Å². The van der Waals surface area contributed by atoms with Crippen LogP contribution in [0.15, 0.2) is 46.8 Å². The maximum absolute atomic E-state index is 4.89. The standard InChI is InChI=1S/C15H16N4OS/c1-11(13-5-6-20-18-13)19(2)10-12-8-16-15(17-9-12)14-4-3-7-21-14/h3-9,11H,10H2,1-2H3/t11-/m0/s1. The molecule has 0 N–H and O–H groups in total. The summed E-state index contributed by atoms with van der Waals surface area (Å²) < 4.78 is 4.89. The lowest BCUT2D eigenvalue weighted by Crippen LogP contribution is -2.22. The first-order valence-electron chi connectivity index (χ1n) is 6.69. The monoisotopic (exact) mass is 300 g/mol. The first-order valence-corrected chi connectivity index (χ1v) is 7.57. The van der Waals surface area contributed by atoms with E-state index >= 15 is 0 Å². The average molecular weight is 300 g/mol. The first-order chi connectivity index (χ1) is 10.2. The fourth-order valence-electron chi connectivity index (χ4n) is 2.06. The van der Waals surface area contributed by atoms with Crippen LogP contribution in [0.4, 0.5) is 0 Å². The second kappa shape index (κ2) is 6.15. The Hall–Kier alpha value is -2.05. The second-order valence-electron chi connectivity index (χ2n) is 4.91. The summed E-state index contributed by atoms with van der Waals surface area (Å²) in [5.74, 6) is 0.779. The molecule has 0 aromatic carbocycles. The SMILES string of the molecule is C[C@@H](c1ccon1)N(C)Cc1cnc(-c2cccs2)nc1. The lowest BCUT2D eigenvalue weighted by molar-refractivity contribution is 0.240. The van der Waals surface area contributed by atoms with Crippen molar-refractivity contribution in [1.29, 1.82) is 0 Å². The van der Waals surface area contributed by atoms with Crippen LogP contribution in [0.25, 0.3) is 10.7 Å². The van der Waals surface area contributed by atoms with Crippen LogP contribution in [0.1, 0.15) is 24.2 Å². The van der Waals surface area contributed by atoms with Gasteiger partial charge in [-0.05, 0) is 25.4 Å². The Kier molecular flexibility index (Phi) is 4.08. The van der Waals surface area contributed by atoms with Crippen LogP contribution in [-0.2, 0) is 6.54 Å². The molecule has 21 heavy (non-hydrogen) atoms. The fourth-order valence-corrected chi connectivity index (χ4v) is 2.73. The summed E-state index contributed by atoms with van der Waals surface area (Å²) >= 11 is 1.64. The Morgan fingerprint density at radius 1 is 1.29 bits per heavy atom. The predicted octanol–water partition coefficient (Wildman–Crippen LogP) is 3.39. The van der Waals surface area contributed by atoms with Crippen LogP contribution in [-0.4, -0.2) is 27.1 Å². The van der Waals surface area contributed by atoms with E-state index in [9.17, 15) is 0 Å². The predicted molar refractivity (Wildman–Crippen MR) is 81.7 cm³/mol. The van der Waals surface area contributed by atoms with E-state index in [1.165, 1.54) is 0 Å². The van der Waals surface area contributed by atoms with Crippen LogP contribution in [0, 0.1) is 0 Å². The molecule has 0 radical (unpaired) electrons. The molecule has 3 rings (SSSR count). The Balaban J connectivity index is 1.68. The minimum Gasteiger partial charge on any atom is -0.364 e. The topological polar surface area (TPSA) is 55.1 Å². The van der Waals surface area contributed by atoms with E-state index in [1.54, 1.807) is 17.6 Å². The van der Waals surface area contributed by atoms with Gasteiger partial charge in [0.05, 0.1) is 10.9 Å². The highest BCUT2D eigenvalue weighted by atomic mass is 32.1. The smallest absolute Gasteiger partial charge is 0.169 e. The third-order valence-electron chi connectivity index (χ3n) is 3.43. The van der Waals surface area contributed by atoms with Gasteiger partial charge in [-0.1, -0.05) is 11.2 Å². The maximum Gasteiger partial charge on any atom is 0.169 e. The molecule has 3 heterocycles. The van der Waals surface area contributed by atoms with E-state index in [4.69, 9.17) is 4.52 Å². The van der Waals surface area contributed by atoms with Gasteiger partial charge in [-0.3, -0.25) is 4.90 Å². The molecule has 0 aliphatic heterocycles. The minimum absolute atomic E-state index is 0.181. The molecule has 0 spiro atoms. The molecule has 6 heteroatoms. The van der Waals surface area contributed by atoms with Crippen molar-refractivity contribution in [2.24, 2.45) is 0 Å². The summed E-state index contributed by atoms with van der Waals surface area (Å²) in [5, 5.41) is 6.01. The van der Waals surface area contributed by atoms with Crippen LogP contribution in [0.5, 0.6) is 0 Å². The van der Waals surface area contributed by atoms with E-state index in [0.29, 0.717) is 0 Å². The average Bonchev–Trinajstić information content (AvgIpc) is 3.20. The van der Waals surface area contributed by atoms with E-state index in [1.807, 2.05) is 43.0 Å². The molecular weight excluding hydrogens is 284 g/mol. The van der Waals surface area contributed by atoms with Crippen molar-refractivity contribution in [3.05, 3.63) is 53.5 Å². The zero-order valence-corrected chi connectivity index (χ0v) is 12.7. The quantitative estimate of drug-likeness (QED) is 0.723. The molecule has 3 aromatic heterocycles. The highest BCUT2D eigenvalue weighted by Crippen LogP contribution is 2.21. The van der Waals surface area contributed by atoms with Crippen molar-refractivity contribution in [3.63, 3.8) is 0 Å². The third kappa shape index (κ3) is 3.17. The lowest BCUT2D eigenvalue weighted by atomic mass is 10.2. The summed E-state index contributed by atoms with van der Waals surface area (Å²) in [7, 11) is 2.05. The molecule has 3 aromatic rings. The van der Waals surface area contributed by atoms with Gasteiger partial charge in [0, 0.05) is 30.6 Å². The minimum atomic E-state index is 0.181. The number of hydrogen-bond donors (Lipinski definition) is 0. The molecule has 0 bridgehead atoms. The Bertz CT molecular complexity index is 664. The number of thiophene rings is 1. The van der Waals surface area contributed by atoms with Gasteiger partial charge in [0.1, 0.15) is 12.0 Å². The van der Waals surface area contributed by atoms with Gasteiger partial charge in [0.15, 0.2) is 5.82 Å². The molecule has 0 fully saturated rings. The van der Waals surface area contributed by atoms with Crippen molar-refractivity contribution in [2.75, 3.05) is 7.05 Å². The molecule has 0 unspecified atom stereocenters. The van der Waals surface area contributed by atoms with Crippen LogP contribution >= 0.6 is 11.3 Å². The van der Waals surface area contributed by atoms with Gasteiger partial charge in [0.2, 0.25) is 0 Å². The highest BCUT2D eigenvalue weighted by molar-refractivity contribution is 7.13. The Labute approximate surface area is 127 Å². The van der Waals surface area contributed by atoms with Gasteiger partial charge >= 0.3 is 0 Å². The van der Waals surface area contributed by atoms with Gasteiger partial charge in [-0.2, -0.15) is 0 Å². The fraction of sp³-hybridized carbons (Fsp3) is 0.267. The molecule has 0 aliphatic rings. The molecule has 5 nitrogen and oxygen atoms in total.